The molecule has 1 heterocycles. The van der Waals surface area contributed by atoms with E-state index in [1.165, 1.54) is 24.8 Å². The van der Waals surface area contributed by atoms with Gasteiger partial charge in [-0.1, -0.05) is 48.6 Å². The van der Waals surface area contributed by atoms with E-state index < -0.39 is 0 Å². The van der Waals surface area contributed by atoms with Crippen LogP contribution in [-0.2, 0) is 0 Å². The molecule has 1 aromatic rings. The van der Waals surface area contributed by atoms with Crippen molar-refractivity contribution in [3.05, 3.63) is 54.1 Å². The summed E-state index contributed by atoms with van der Waals surface area (Å²) in [5, 5.41) is 3.63. The molecule has 1 N–H and O–H groups in total. The molecule has 0 saturated carbocycles. The van der Waals surface area contributed by atoms with Crippen molar-refractivity contribution < 1.29 is 0 Å². The quantitative estimate of drug-likeness (QED) is 0.785. The van der Waals surface area contributed by atoms with Crippen LogP contribution in [0.25, 0.3) is 5.57 Å². The first kappa shape index (κ1) is 12.7. The topological polar surface area (TPSA) is 12.0 Å². The van der Waals surface area contributed by atoms with E-state index in [-0.39, 0.29) is 0 Å². The minimum Gasteiger partial charge on any atom is -0.310 e. The molecule has 1 aliphatic heterocycles. The molecule has 0 fully saturated rings. The second-order valence-electron chi connectivity index (χ2n) is 5.79. The van der Waals surface area contributed by atoms with Crippen molar-refractivity contribution in [1.29, 1.82) is 0 Å². The lowest BCUT2D eigenvalue weighted by Crippen LogP contribution is -2.42. The molecule has 0 radical (unpaired) electrons. The van der Waals surface area contributed by atoms with Crippen molar-refractivity contribution in [2.45, 2.75) is 32.2 Å². The average molecular weight is 253 g/mol. The highest BCUT2D eigenvalue weighted by molar-refractivity contribution is 5.69. The molecule has 1 heteroatoms. The lowest BCUT2D eigenvalue weighted by atomic mass is 9.72. The van der Waals surface area contributed by atoms with Gasteiger partial charge < -0.3 is 5.32 Å². The molecule has 3 rings (SSSR count). The molecule has 0 saturated heterocycles. The van der Waals surface area contributed by atoms with Gasteiger partial charge >= 0.3 is 0 Å². The first-order chi connectivity index (χ1) is 9.36. The van der Waals surface area contributed by atoms with Crippen LogP contribution in [0.3, 0.4) is 0 Å². The summed E-state index contributed by atoms with van der Waals surface area (Å²) in [5.41, 5.74) is 2.97. The molecule has 3 unspecified atom stereocenters. The number of benzene rings is 1. The maximum absolute atomic E-state index is 3.63. The van der Waals surface area contributed by atoms with Crippen LogP contribution in [0, 0.1) is 11.8 Å². The second kappa shape index (κ2) is 5.75. The lowest BCUT2D eigenvalue weighted by Gasteiger charge is -2.38. The zero-order chi connectivity index (χ0) is 13.1. The smallest absolute Gasteiger partial charge is 0.0143 e. The van der Waals surface area contributed by atoms with Crippen molar-refractivity contribution in [1.82, 2.24) is 5.32 Å². The van der Waals surface area contributed by atoms with Crippen molar-refractivity contribution >= 4 is 5.57 Å². The van der Waals surface area contributed by atoms with Crippen LogP contribution in [0.1, 0.15) is 31.7 Å². The summed E-state index contributed by atoms with van der Waals surface area (Å²) >= 11 is 0. The summed E-state index contributed by atoms with van der Waals surface area (Å²) in [5.74, 6) is 1.44. The Morgan fingerprint density at radius 3 is 2.68 bits per heavy atom. The molecule has 1 nitrogen and oxygen atoms in total. The van der Waals surface area contributed by atoms with E-state index in [1.54, 1.807) is 5.57 Å². The largest absolute Gasteiger partial charge is 0.310 e. The van der Waals surface area contributed by atoms with Gasteiger partial charge in [0, 0.05) is 18.5 Å². The highest BCUT2D eigenvalue weighted by Crippen LogP contribution is 2.39. The van der Waals surface area contributed by atoms with Gasteiger partial charge in [0.15, 0.2) is 0 Å². The third-order valence-corrected chi connectivity index (χ3v) is 4.58. The molecule has 0 amide bonds. The van der Waals surface area contributed by atoms with Gasteiger partial charge in [0.25, 0.3) is 0 Å². The number of hydrogen-bond donors (Lipinski definition) is 1. The first-order valence-electron chi connectivity index (χ1n) is 7.50. The Kier molecular flexibility index (Phi) is 3.84. The zero-order valence-corrected chi connectivity index (χ0v) is 11.7. The molecule has 2 aliphatic rings. The Balaban J connectivity index is 1.91. The van der Waals surface area contributed by atoms with E-state index in [9.17, 15) is 0 Å². The van der Waals surface area contributed by atoms with Gasteiger partial charge in [0.1, 0.15) is 0 Å². The van der Waals surface area contributed by atoms with Gasteiger partial charge in [-0.2, -0.15) is 0 Å². The fourth-order valence-electron chi connectivity index (χ4n) is 3.63. The number of rotatable bonds is 2. The molecular weight excluding hydrogens is 230 g/mol. The van der Waals surface area contributed by atoms with Crippen LogP contribution in [-0.4, -0.2) is 12.6 Å². The van der Waals surface area contributed by atoms with E-state index in [1.807, 2.05) is 0 Å². The summed E-state index contributed by atoms with van der Waals surface area (Å²) < 4.78 is 0. The minimum atomic E-state index is 0.580. The summed E-state index contributed by atoms with van der Waals surface area (Å²) in [6.07, 6.45) is 10.9. The molecule has 0 spiro atoms. The number of nitrogens with one attached hydrogen (secondary N) is 1. The van der Waals surface area contributed by atoms with Crippen molar-refractivity contribution in [3.8, 4) is 0 Å². The summed E-state index contributed by atoms with van der Waals surface area (Å²) in [4.78, 5) is 0. The van der Waals surface area contributed by atoms with Crippen LogP contribution in [0.2, 0.25) is 0 Å². The van der Waals surface area contributed by atoms with E-state index in [0.29, 0.717) is 12.0 Å². The van der Waals surface area contributed by atoms with E-state index in [0.717, 1.165) is 12.5 Å². The van der Waals surface area contributed by atoms with Crippen LogP contribution >= 0.6 is 0 Å². The highest BCUT2D eigenvalue weighted by atomic mass is 14.9. The third kappa shape index (κ3) is 2.66. The maximum atomic E-state index is 3.63. The van der Waals surface area contributed by atoms with Gasteiger partial charge in [-0.3, -0.25) is 0 Å². The molecule has 1 aliphatic carbocycles. The van der Waals surface area contributed by atoms with Gasteiger partial charge in [-0.25, -0.2) is 0 Å². The molecule has 0 bridgehead atoms. The van der Waals surface area contributed by atoms with Crippen molar-refractivity contribution in [3.63, 3.8) is 0 Å². The van der Waals surface area contributed by atoms with Gasteiger partial charge in [0.05, 0.1) is 0 Å². The minimum absolute atomic E-state index is 0.580. The zero-order valence-electron chi connectivity index (χ0n) is 11.7. The monoisotopic (exact) mass is 253 g/mol. The van der Waals surface area contributed by atoms with Crippen LogP contribution in [0.4, 0.5) is 0 Å². The van der Waals surface area contributed by atoms with Crippen molar-refractivity contribution in [2.75, 3.05) is 6.54 Å². The van der Waals surface area contributed by atoms with Crippen LogP contribution in [0.5, 0.6) is 0 Å². The Labute approximate surface area is 116 Å². The fraction of sp³-hybridized carbons (Fsp3) is 0.444. The summed E-state index contributed by atoms with van der Waals surface area (Å²) in [7, 11) is 0. The van der Waals surface area contributed by atoms with E-state index in [2.05, 4.69) is 60.8 Å². The van der Waals surface area contributed by atoms with Gasteiger partial charge in [-0.15, -0.1) is 0 Å². The Bertz CT molecular complexity index is 472. The summed E-state index contributed by atoms with van der Waals surface area (Å²) in [6, 6.07) is 11.5. The number of allylic oxidation sites excluding steroid dienone is 2. The molecule has 1 aromatic carbocycles. The molecule has 100 valence electrons. The average Bonchev–Trinajstić information content (AvgIpc) is 2.49. The molecule has 3 atom stereocenters. The molecular formula is C18H23N. The fourth-order valence-corrected chi connectivity index (χ4v) is 3.63. The predicted molar refractivity (Wildman–Crippen MR) is 81.9 cm³/mol. The highest BCUT2D eigenvalue weighted by Gasteiger charge is 2.32. The lowest BCUT2D eigenvalue weighted by molar-refractivity contribution is 0.300. The van der Waals surface area contributed by atoms with Crippen LogP contribution in [0.15, 0.2) is 48.6 Å². The SMILES string of the molecule is CC1NCC=C(c2ccccc2)C1C1CC=CCC1. The third-order valence-electron chi connectivity index (χ3n) is 4.58. The van der Waals surface area contributed by atoms with Crippen molar-refractivity contribution in [2.24, 2.45) is 11.8 Å². The van der Waals surface area contributed by atoms with E-state index >= 15 is 0 Å². The second-order valence-corrected chi connectivity index (χ2v) is 5.79. The molecule has 0 aromatic heterocycles. The Morgan fingerprint density at radius 2 is 1.95 bits per heavy atom. The predicted octanol–water partition coefficient (Wildman–Crippen LogP) is 4.03. The normalized spacial score (nSPS) is 31.0. The standard InChI is InChI=1S/C18H23N/c1-14-18(16-10-6-3-7-11-16)17(12-13-19-14)15-8-4-2-5-9-15/h2-6,8-9,12,14,16,18-19H,7,10-11,13H2,1H3. The maximum Gasteiger partial charge on any atom is 0.0143 e. The Morgan fingerprint density at radius 1 is 1.11 bits per heavy atom. The Hall–Kier alpha value is -1.34. The van der Waals surface area contributed by atoms with E-state index in [4.69, 9.17) is 0 Å². The first-order valence-corrected chi connectivity index (χ1v) is 7.50. The number of hydrogen-bond acceptors (Lipinski definition) is 1. The molecule has 19 heavy (non-hydrogen) atoms. The summed E-state index contributed by atoms with van der Waals surface area (Å²) in [6.45, 7) is 3.35. The van der Waals surface area contributed by atoms with Gasteiger partial charge in [-0.05, 0) is 43.2 Å². The van der Waals surface area contributed by atoms with Gasteiger partial charge in [0.2, 0.25) is 0 Å². The van der Waals surface area contributed by atoms with Crippen LogP contribution < -0.4 is 5.32 Å².